The zero-order valence-corrected chi connectivity index (χ0v) is 9.12. The zero-order valence-electron chi connectivity index (χ0n) is 9.12. The minimum atomic E-state index is 0.807. The van der Waals surface area contributed by atoms with Crippen molar-refractivity contribution in [1.82, 2.24) is 0 Å². The number of quaternary nitrogens is 1. The van der Waals surface area contributed by atoms with Crippen molar-refractivity contribution >= 4 is 0 Å². The van der Waals surface area contributed by atoms with E-state index in [1.807, 2.05) is 30.3 Å². The molecular weight excluding hydrogens is 174 g/mol. The number of likely N-dealkylation sites (N-methyl/N-ethyl adjacent to an activating group) is 1. The van der Waals surface area contributed by atoms with Gasteiger partial charge in [-0.3, -0.25) is 0 Å². The highest BCUT2D eigenvalue weighted by molar-refractivity contribution is 5.20. The summed E-state index contributed by atoms with van der Waals surface area (Å²) in [6.45, 7) is 8.66. The maximum Gasteiger partial charge on any atom is 0.137 e. The summed E-state index contributed by atoms with van der Waals surface area (Å²) >= 11 is 0. The van der Waals surface area contributed by atoms with Crippen LogP contribution in [0.15, 0.2) is 30.3 Å². The Kier molecular flexibility index (Phi) is 5.08. The lowest BCUT2D eigenvalue weighted by Crippen LogP contribution is -3.12. The first-order valence-electron chi connectivity index (χ1n) is 5.38. The van der Waals surface area contributed by atoms with E-state index >= 15 is 0 Å². The van der Waals surface area contributed by atoms with Crippen molar-refractivity contribution in [2.75, 3.05) is 26.2 Å². The fourth-order valence-electron chi connectivity index (χ4n) is 1.43. The second-order valence-corrected chi connectivity index (χ2v) is 3.37. The van der Waals surface area contributed by atoms with Crippen LogP contribution < -0.4 is 9.64 Å². The molecule has 14 heavy (non-hydrogen) atoms. The van der Waals surface area contributed by atoms with Gasteiger partial charge in [0.25, 0.3) is 0 Å². The molecule has 1 aromatic carbocycles. The van der Waals surface area contributed by atoms with E-state index in [2.05, 4.69) is 13.8 Å². The van der Waals surface area contributed by atoms with Crippen LogP contribution in [0.1, 0.15) is 13.8 Å². The Hall–Kier alpha value is -1.02. The lowest BCUT2D eigenvalue weighted by Gasteiger charge is -2.15. The first-order valence-corrected chi connectivity index (χ1v) is 5.38. The highest BCUT2D eigenvalue weighted by atomic mass is 16.5. The molecule has 78 valence electrons. The summed E-state index contributed by atoms with van der Waals surface area (Å²) in [6.07, 6.45) is 0. The lowest BCUT2D eigenvalue weighted by molar-refractivity contribution is -0.896. The van der Waals surface area contributed by atoms with Gasteiger partial charge >= 0.3 is 0 Å². The predicted octanol–water partition coefficient (Wildman–Crippen LogP) is 0.990. The number of ether oxygens (including phenoxy) is 1. The molecule has 0 unspecified atom stereocenters. The summed E-state index contributed by atoms with van der Waals surface area (Å²) in [5, 5.41) is 0. The van der Waals surface area contributed by atoms with Crippen LogP contribution in [0, 0.1) is 0 Å². The van der Waals surface area contributed by atoms with Gasteiger partial charge < -0.3 is 9.64 Å². The van der Waals surface area contributed by atoms with Crippen molar-refractivity contribution in [2.45, 2.75) is 13.8 Å². The smallest absolute Gasteiger partial charge is 0.137 e. The van der Waals surface area contributed by atoms with E-state index in [1.54, 1.807) is 4.90 Å². The Morgan fingerprint density at radius 3 is 2.29 bits per heavy atom. The second kappa shape index (κ2) is 6.44. The van der Waals surface area contributed by atoms with Crippen LogP contribution in [-0.2, 0) is 0 Å². The Morgan fingerprint density at radius 1 is 1.07 bits per heavy atom. The summed E-state index contributed by atoms with van der Waals surface area (Å²) in [5.74, 6) is 0.971. The molecule has 2 nitrogen and oxygen atoms in total. The van der Waals surface area contributed by atoms with Crippen molar-refractivity contribution in [3.05, 3.63) is 30.3 Å². The summed E-state index contributed by atoms with van der Waals surface area (Å²) in [7, 11) is 0. The molecule has 0 bridgehead atoms. The summed E-state index contributed by atoms with van der Waals surface area (Å²) in [6, 6.07) is 10.00. The zero-order chi connectivity index (χ0) is 10.2. The third-order valence-electron chi connectivity index (χ3n) is 2.47. The van der Waals surface area contributed by atoms with Crippen LogP contribution in [0.25, 0.3) is 0 Å². The maximum absolute atomic E-state index is 5.62. The molecule has 0 spiro atoms. The number of benzene rings is 1. The van der Waals surface area contributed by atoms with Crippen molar-refractivity contribution in [3.8, 4) is 5.75 Å². The summed E-state index contributed by atoms with van der Waals surface area (Å²) in [4.78, 5) is 1.58. The van der Waals surface area contributed by atoms with Gasteiger partial charge in [0.05, 0.1) is 13.1 Å². The Labute approximate surface area is 86.5 Å². The van der Waals surface area contributed by atoms with Crippen LogP contribution in [-0.4, -0.2) is 26.2 Å². The largest absolute Gasteiger partial charge is 0.488 e. The quantitative estimate of drug-likeness (QED) is 0.713. The van der Waals surface area contributed by atoms with E-state index in [-0.39, 0.29) is 0 Å². The van der Waals surface area contributed by atoms with Gasteiger partial charge in [0.15, 0.2) is 0 Å². The molecule has 0 radical (unpaired) electrons. The Balaban J connectivity index is 2.21. The van der Waals surface area contributed by atoms with E-state index in [4.69, 9.17) is 4.74 Å². The maximum atomic E-state index is 5.62. The molecule has 1 rings (SSSR count). The monoisotopic (exact) mass is 194 g/mol. The van der Waals surface area contributed by atoms with Crippen molar-refractivity contribution in [2.24, 2.45) is 0 Å². The Morgan fingerprint density at radius 2 is 1.71 bits per heavy atom. The van der Waals surface area contributed by atoms with Gasteiger partial charge in [0.1, 0.15) is 18.9 Å². The minimum Gasteiger partial charge on any atom is -0.488 e. The number of nitrogens with one attached hydrogen (secondary N) is 1. The average molecular weight is 194 g/mol. The summed E-state index contributed by atoms with van der Waals surface area (Å²) in [5.41, 5.74) is 0. The molecule has 0 fully saturated rings. The molecule has 0 saturated heterocycles. The van der Waals surface area contributed by atoms with Crippen LogP contribution in [0.2, 0.25) is 0 Å². The Bertz CT molecular complexity index is 231. The molecule has 0 atom stereocenters. The topological polar surface area (TPSA) is 13.7 Å². The molecular formula is C12H20NO+. The summed E-state index contributed by atoms with van der Waals surface area (Å²) < 4.78 is 5.62. The predicted molar refractivity (Wildman–Crippen MR) is 58.8 cm³/mol. The number of hydrogen-bond acceptors (Lipinski definition) is 1. The van der Waals surface area contributed by atoms with E-state index in [0.717, 1.165) is 18.9 Å². The molecule has 0 saturated carbocycles. The molecule has 2 heteroatoms. The van der Waals surface area contributed by atoms with Crippen LogP contribution in [0.3, 0.4) is 0 Å². The molecule has 0 aliphatic rings. The van der Waals surface area contributed by atoms with Gasteiger partial charge in [0.2, 0.25) is 0 Å². The normalized spacial score (nSPS) is 10.5. The average Bonchev–Trinajstić information content (AvgIpc) is 2.26. The third kappa shape index (κ3) is 3.79. The SMILES string of the molecule is CC[NH+](CC)CCOc1ccccc1. The number of hydrogen-bond donors (Lipinski definition) is 1. The highest BCUT2D eigenvalue weighted by Crippen LogP contribution is 2.06. The van der Waals surface area contributed by atoms with Gasteiger partial charge in [-0.15, -0.1) is 0 Å². The van der Waals surface area contributed by atoms with Crippen molar-refractivity contribution in [1.29, 1.82) is 0 Å². The highest BCUT2D eigenvalue weighted by Gasteiger charge is 2.01. The van der Waals surface area contributed by atoms with Gasteiger partial charge in [-0.1, -0.05) is 18.2 Å². The van der Waals surface area contributed by atoms with Gasteiger partial charge in [-0.05, 0) is 26.0 Å². The fourth-order valence-corrected chi connectivity index (χ4v) is 1.43. The minimum absolute atomic E-state index is 0.807. The van der Waals surface area contributed by atoms with E-state index in [9.17, 15) is 0 Å². The number of para-hydroxylation sites is 1. The number of rotatable bonds is 6. The first kappa shape index (κ1) is 11.1. The van der Waals surface area contributed by atoms with E-state index < -0.39 is 0 Å². The second-order valence-electron chi connectivity index (χ2n) is 3.37. The third-order valence-corrected chi connectivity index (χ3v) is 2.47. The molecule has 0 heterocycles. The molecule has 0 aliphatic carbocycles. The van der Waals surface area contributed by atoms with Crippen LogP contribution in [0.5, 0.6) is 5.75 Å². The van der Waals surface area contributed by atoms with Gasteiger partial charge in [-0.2, -0.15) is 0 Å². The molecule has 0 amide bonds. The van der Waals surface area contributed by atoms with Crippen LogP contribution >= 0.6 is 0 Å². The van der Waals surface area contributed by atoms with Gasteiger partial charge in [-0.25, -0.2) is 0 Å². The van der Waals surface area contributed by atoms with Crippen molar-refractivity contribution in [3.63, 3.8) is 0 Å². The van der Waals surface area contributed by atoms with Crippen molar-refractivity contribution < 1.29 is 9.64 Å². The molecule has 0 aromatic heterocycles. The molecule has 1 aromatic rings. The first-order chi connectivity index (χ1) is 6.86. The molecule has 1 N–H and O–H groups in total. The molecule has 0 aliphatic heterocycles. The standard InChI is InChI=1S/C12H19NO/c1-3-13(4-2)10-11-14-12-8-6-5-7-9-12/h5-9H,3-4,10-11H2,1-2H3/p+1. The van der Waals surface area contributed by atoms with E-state index in [1.165, 1.54) is 13.1 Å². The lowest BCUT2D eigenvalue weighted by atomic mass is 10.3. The fraction of sp³-hybridized carbons (Fsp3) is 0.500. The van der Waals surface area contributed by atoms with Crippen LogP contribution in [0.4, 0.5) is 0 Å². The van der Waals surface area contributed by atoms with E-state index in [0.29, 0.717) is 0 Å². The van der Waals surface area contributed by atoms with Gasteiger partial charge in [0, 0.05) is 0 Å².